The zero-order chi connectivity index (χ0) is 11.0. The van der Waals surface area contributed by atoms with Gasteiger partial charge in [-0.05, 0) is 13.8 Å². The van der Waals surface area contributed by atoms with Gasteiger partial charge in [0.05, 0.1) is 12.7 Å². The monoisotopic (exact) mass is 205 g/mol. The number of imide groups is 1. The van der Waals surface area contributed by atoms with Crippen molar-refractivity contribution in [1.82, 2.24) is 15.1 Å². The van der Waals surface area contributed by atoms with Crippen molar-refractivity contribution in [2.45, 2.75) is 20.4 Å². The SMILES string of the molecule is CC1=CC(=O)N(Cc2cn[nH]c2C)C1=O. The van der Waals surface area contributed by atoms with Gasteiger partial charge in [-0.25, -0.2) is 0 Å². The van der Waals surface area contributed by atoms with Crippen molar-refractivity contribution in [3.63, 3.8) is 0 Å². The fraction of sp³-hybridized carbons (Fsp3) is 0.300. The molecule has 0 saturated carbocycles. The standard InChI is InChI=1S/C10H11N3O2/c1-6-3-9(14)13(10(6)15)5-8-4-11-12-7(8)2/h3-4H,5H2,1-2H3,(H,11,12). The highest BCUT2D eigenvalue weighted by Crippen LogP contribution is 2.16. The third-order valence-electron chi connectivity index (χ3n) is 2.45. The largest absolute Gasteiger partial charge is 0.283 e. The molecule has 0 radical (unpaired) electrons. The minimum absolute atomic E-state index is 0.222. The number of aryl methyl sites for hydroxylation is 1. The number of aromatic nitrogens is 2. The Morgan fingerprint density at radius 3 is 2.60 bits per heavy atom. The molecule has 78 valence electrons. The second kappa shape index (κ2) is 3.34. The Morgan fingerprint density at radius 1 is 1.40 bits per heavy atom. The van der Waals surface area contributed by atoms with Gasteiger partial charge in [0.15, 0.2) is 0 Å². The van der Waals surface area contributed by atoms with Gasteiger partial charge in [0.2, 0.25) is 0 Å². The normalized spacial score (nSPS) is 16.1. The van der Waals surface area contributed by atoms with E-state index in [9.17, 15) is 9.59 Å². The average molecular weight is 205 g/mol. The predicted octanol–water partition coefficient (Wildman–Crippen LogP) is 0.533. The van der Waals surface area contributed by atoms with Gasteiger partial charge in [0.25, 0.3) is 11.8 Å². The van der Waals surface area contributed by atoms with Gasteiger partial charge in [-0.15, -0.1) is 0 Å². The van der Waals surface area contributed by atoms with Crippen LogP contribution in [0.5, 0.6) is 0 Å². The van der Waals surface area contributed by atoms with E-state index in [4.69, 9.17) is 0 Å². The van der Waals surface area contributed by atoms with Crippen molar-refractivity contribution < 1.29 is 9.59 Å². The van der Waals surface area contributed by atoms with E-state index in [2.05, 4.69) is 10.2 Å². The number of amides is 2. The first-order chi connectivity index (χ1) is 7.09. The van der Waals surface area contributed by atoms with Crippen LogP contribution in [-0.2, 0) is 16.1 Å². The van der Waals surface area contributed by atoms with Crippen molar-refractivity contribution in [2.75, 3.05) is 0 Å². The second-order valence-corrected chi connectivity index (χ2v) is 3.58. The first-order valence-electron chi connectivity index (χ1n) is 4.62. The molecule has 2 heterocycles. The summed E-state index contributed by atoms with van der Waals surface area (Å²) in [5.74, 6) is -0.473. The summed E-state index contributed by atoms with van der Waals surface area (Å²) in [6, 6.07) is 0. The lowest BCUT2D eigenvalue weighted by Crippen LogP contribution is -2.30. The molecule has 1 aromatic rings. The van der Waals surface area contributed by atoms with Crippen LogP contribution in [0.15, 0.2) is 17.8 Å². The van der Waals surface area contributed by atoms with Crippen LogP contribution in [-0.4, -0.2) is 26.9 Å². The lowest BCUT2D eigenvalue weighted by atomic mass is 10.2. The Morgan fingerprint density at radius 2 is 2.13 bits per heavy atom. The maximum atomic E-state index is 11.6. The summed E-state index contributed by atoms with van der Waals surface area (Å²) in [6.07, 6.45) is 2.99. The average Bonchev–Trinajstić information content (AvgIpc) is 2.67. The summed E-state index contributed by atoms with van der Waals surface area (Å²) >= 11 is 0. The van der Waals surface area contributed by atoms with Crippen LogP contribution in [0.2, 0.25) is 0 Å². The van der Waals surface area contributed by atoms with Crippen LogP contribution in [0.25, 0.3) is 0 Å². The van der Waals surface area contributed by atoms with Gasteiger partial charge in [-0.3, -0.25) is 19.6 Å². The molecule has 1 aliphatic rings. The van der Waals surface area contributed by atoms with E-state index < -0.39 is 0 Å². The third-order valence-corrected chi connectivity index (χ3v) is 2.45. The molecule has 15 heavy (non-hydrogen) atoms. The molecule has 0 bridgehead atoms. The van der Waals surface area contributed by atoms with E-state index in [1.54, 1.807) is 13.1 Å². The van der Waals surface area contributed by atoms with Crippen molar-refractivity contribution in [3.05, 3.63) is 29.1 Å². The van der Waals surface area contributed by atoms with Gasteiger partial charge in [0, 0.05) is 22.9 Å². The summed E-state index contributed by atoms with van der Waals surface area (Å²) in [4.78, 5) is 24.2. The molecular formula is C10H11N3O2. The molecule has 1 N–H and O–H groups in total. The lowest BCUT2D eigenvalue weighted by molar-refractivity contribution is -0.137. The Hall–Kier alpha value is -1.91. The molecule has 0 aromatic carbocycles. The molecule has 0 unspecified atom stereocenters. The number of carbonyl (C=O) groups is 2. The number of rotatable bonds is 2. The van der Waals surface area contributed by atoms with E-state index in [0.717, 1.165) is 11.3 Å². The number of hydrogen-bond donors (Lipinski definition) is 1. The van der Waals surface area contributed by atoms with E-state index in [-0.39, 0.29) is 18.4 Å². The van der Waals surface area contributed by atoms with Crippen LogP contribution >= 0.6 is 0 Å². The first-order valence-corrected chi connectivity index (χ1v) is 4.62. The molecule has 0 fully saturated rings. The summed E-state index contributed by atoms with van der Waals surface area (Å²) in [7, 11) is 0. The number of hydrogen-bond acceptors (Lipinski definition) is 3. The van der Waals surface area contributed by atoms with Gasteiger partial charge >= 0.3 is 0 Å². The van der Waals surface area contributed by atoms with E-state index in [1.165, 1.54) is 11.0 Å². The topological polar surface area (TPSA) is 66.1 Å². The number of H-pyrrole nitrogens is 1. The predicted molar refractivity (Wildman–Crippen MR) is 52.6 cm³/mol. The minimum atomic E-state index is -0.252. The van der Waals surface area contributed by atoms with E-state index >= 15 is 0 Å². The van der Waals surface area contributed by atoms with Crippen LogP contribution in [0.4, 0.5) is 0 Å². The molecular weight excluding hydrogens is 194 g/mol. The first kappa shape index (κ1) is 9.64. The van der Waals surface area contributed by atoms with Gasteiger partial charge in [-0.1, -0.05) is 0 Å². The fourth-order valence-electron chi connectivity index (χ4n) is 1.49. The zero-order valence-corrected chi connectivity index (χ0v) is 8.57. The summed E-state index contributed by atoms with van der Waals surface area (Å²) < 4.78 is 0. The number of nitrogens with zero attached hydrogens (tertiary/aromatic N) is 2. The van der Waals surface area contributed by atoms with Crippen molar-refractivity contribution in [1.29, 1.82) is 0 Å². The van der Waals surface area contributed by atoms with Gasteiger partial charge < -0.3 is 0 Å². The van der Waals surface area contributed by atoms with E-state index in [1.807, 2.05) is 6.92 Å². The highest BCUT2D eigenvalue weighted by Gasteiger charge is 2.28. The number of nitrogens with one attached hydrogen (secondary N) is 1. The molecule has 0 atom stereocenters. The fourth-order valence-corrected chi connectivity index (χ4v) is 1.49. The van der Waals surface area contributed by atoms with Crippen LogP contribution in [0, 0.1) is 6.92 Å². The Kier molecular flexibility index (Phi) is 2.15. The maximum Gasteiger partial charge on any atom is 0.256 e. The highest BCUT2D eigenvalue weighted by atomic mass is 16.2. The summed E-state index contributed by atoms with van der Waals surface area (Å²) in [5, 5.41) is 6.61. The van der Waals surface area contributed by atoms with Crippen LogP contribution < -0.4 is 0 Å². The minimum Gasteiger partial charge on any atom is -0.283 e. The Bertz CT molecular complexity index is 459. The summed E-state index contributed by atoms with van der Waals surface area (Å²) in [5.41, 5.74) is 2.22. The molecule has 0 spiro atoms. The Balaban J connectivity index is 2.19. The van der Waals surface area contributed by atoms with Crippen LogP contribution in [0.1, 0.15) is 18.2 Å². The highest BCUT2D eigenvalue weighted by molar-refractivity contribution is 6.15. The van der Waals surface area contributed by atoms with Crippen LogP contribution in [0.3, 0.4) is 0 Å². The molecule has 2 rings (SSSR count). The molecule has 1 aliphatic heterocycles. The quantitative estimate of drug-likeness (QED) is 0.716. The van der Waals surface area contributed by atoms with Crippen molar-refractivity contribution >= 4 is 11.8 Å². The lowest BCUT2D eigenvalue weighted by Gasteiger charge is -2.13. The number of aromatic amines is 1. The molecule has 2 amide bonds. The van der Waals surface area contributed by atoms with Crippen molar-refractivity contribution in [2.24, 2.45) is 0 Å². The summed E-state index contributed by atoms with van der Waals surface area (Å²) in [6.45, 7) is 3.78. The van der Waals surface area contributed by atoms with Gasteiger partial charge in [0.1, 0.15) is 0 Å². The van der Waals surface area contributed by atoms with E-state index in [0.29, 0.717) is 5.57 Å². The smallest absolute Gasteiger partial charge is 0.256 e. The Labute approximate surface area is 86.8 Å². The zero-order valence-electron chi connectivity index (χ0n) is 8.57. The molecule has 5 heteroatoms. The molecule has 0 saturated heterocycles. The maximum absolute atomic E-state index is 11.6. The number of carbonyl (C=O) groups excluding carboxylic acids is 2. The van der Waals surface area contributed by atoms with Crippen molar-refractivity contribution in [3.8, 4) is 0 Å². The van der Waals surface area contributed by atoms with Gasteiger partial charge in [-0.2, -0.15) is 5.10 Å². The second-order valence-electron chi connectivity index (χ2n) is 3.58. The molecule has 1 aromatic heterocycles. The molecule has 0 aliphatic carbocycles. The third kappa shape index (κ3) is 1.56. The molecule has 5 nitrogen and oxygen atoms in total.